The molecule has 0 radical (unpaired) electrons. The smallest absolute Gasteiger partial charge is 0.289 e. The van der Waals surface area contributed by atoms with Gasteiger partial charge in [-0.2, -0.15) is 0 Å². The molecule has 2 N–H and O–H groups in total. The number of nitrogens with zero attached hydrogens (tertiary/aromatic N) is 6. The second kappa shape index (κ2) is 9.96. The Kier molecular flexibility index (Phi) is 5.80. The summed E-state index contributed by atoms with van der Waals surface area (Å²) in [6.45, 7) is 4.64. The van der Waals surface area contributed by atoms with E-state index >= 15 is 0 Å². The van der Waals surface area contributed by atoms with Gasteiger partial charge in [-0.15, -0.1) is 0 Å². The fourth-order valence-corrected chi connectivity index (χ4v) is 6.63. The van der Waals surface area contributed by atoms with Crippen LogP contribution in [0.2, 0.25) is 0 Å². The van der Waals surface area contributed by atoms with Gasteiger partial charge in [-0.1, -0.05) is 97.1 Å². The van der Waals surface area contributed by atoms with Crippen LogP contribution in [0.3, 0.4) is 0 Å². The molecule has 0 fully saturated rings. The number of ether oxygens (including phenoxy) is 2. The van der Waals surface area contributed by atoms with E-state index in [-0.39, 0.29) is 0 Å². The highest BCUT2D eigenvalue weighted by Crippen LogP contribution is 2.39. The summed E-state index contributed by atoms with van der Waals surface area (Å²) in [7, 11) is 0. The van der Waals surface area contributed by atoms with E-state index in [0.717, 1.165) is 43.8 Å². The first-order valence-corrected chi connectivity index (χ1v) is 15.4. The van der Waals surface area contributed by atoms with Crippen molar-refractivity contribution in [2.45, 2.75) is 25.5 Å². The molecule has 8 bridgehead atoms. The zero-order chi connectivity index (χ0) is 30.9. The summed E-state index contributed by atoms with van der Waals surface area (Å²) in [6, 6.07) is 31.9. The maximum absolute atomic E-state index is 6.43. The molecule has 5 heterocycles. The highest BCUT2D eigenvalue weighted by atomic mass is 16.5. The van der Waals surface area contributed by atoms with Crippen molar-refractivity contribution in [1.82, 2.24) is 9.97 Å². The Morgan fingerprint density at radius 3 is 1.26 bits per heavy atom. The van der Waals surface area contributed by atoms with Crippen LogP contribution in [0.15, 0.2) is 127 Å². The van der Waals surface area contributed by atoms with Gasteiger partial charge in [0.25, 0.3) is 11.7 Å². The third kappa shape index (κ3) is 3.84. The fourth-order valence-electron chi connectivity index (χ4n) is 6.63. The number of amidine groups is 2. The van der Waals surface area contributed by atoms with Gasteiger partial charge in [-0.3, -0.25) is 0 Å². The fraction of sp³-hybridized carbons (Fsp3) is 0.167. The first kappa shape index (κ1) is 26.8. The topological polar surface area (TPSA) is 124 Å². The lowest BCUT2D eigenvalue weighted by Gasteiger charge is -2.22. The van der Waals surface area contributed by atoms with Gasteiger partial charge in [0.2, 0.25) is 0 Å². The average Bonchev–Trinajstić information content (AvgIpc) is 3.78. The Bertz CT molecular complexity index is 2370. The third-order valence-electron chi connectivity index (χ3n) is 8.55. The van der Waals surface area contributed by atoms with E-state index in [1.807, 2.05) is 111 Å². The Morgan fingerprint density at radius 2 is 0.848 bits per heavy atom. The maximum atomic E-state index is 6.43. The molecule has 224 valence electrons. The second-order valence-corrected chi connectivity index (χ2v) is 11.2. The molecule has 0 spiro atoms. The summed E-state index contributed by atoms with van der Waals surface area (Å²) in [6.07, 6.45) is 0. The summed E-state index contributed by atoms with van der Waals surface area (Å²) >= 11 is 0. The van der Waals surface area contributed by atoms with Crippen LogP contribution in [0.5, 0.6) is 0 Å². The second-order valence-electron chi connectivity index (χ2n) is 11.2. The number of nitrogens with one attached hydrogen (secondary N) is 2. The maximum Gasteiger partial charge on any atom is 0.289 e. The van der Waals surface area contributed by atoms with Gasteiger partial charge in [0, 0.05) is 57.0 Å². The normalized spacial score (nSPS) is 22.5. The summed E-state index contributed by atoms with van der Waals surface area (Å²) in [5.74, 6) is -1.71. The van der Waals surface area contributed by atoms with Crippen molar-refractivity contribution in [1.29, 1.82) is 0 Å². The van der Waals surface area contributed by atoms with Crippen LogP contribution in [0.25, 0.3) is 21.5 Å². The number of aromatic nitrogens is 2. The van der Waals surface area contributed by atoms with Gasteiger partial charge in [-0.05, 0) is 13.8 Å². The van der Waals surface area contributed by atoms with Crippen LogP contribution in [-0.2, 0) is 21.2 Å². The lowest BCUT2D eigenvalue weighted by atomic mass is 10.1. The molecule has 10 heteroatoms. The Hall–Kier alpha value is -5.58. The van der Waals surface area contributed by atoms with Crippen molar-refractivity contribution in [3.63, 3.8) is 0 Å². The number of fused-ring (bicyclic) bond motifs is 18. The van der Waals surface area contributed by atoms with Crippen molar-refractivity contribution in [3.8, 4) is 0 Å². The summed E-state index contributed by atoms with van der Waals surface area (Å²) in [5.41, 5.74) is 5.71. The van der Waals surface area contributed by atoms with Crippen LogP contribution in [0.1, 0.15) is 36.1 Å². The molecule has 0 saturated heterocycles. The number of aromatic amines is 2. The number of aliphatic imine (C=N–C) groups is 2. The van der Waals surface area contributed by atoms with Crippen LogP contribution < -0.4 is 22.0 Å². The van der Waals surface area contributed by atoms with Crippen LogP contribution in [0, 0.1) is 0 Å². The molecule has 4 aromatic carbocycles. The Balaban J connectivity index is 1.48. The molecule has 10 nitrogen and oxygen atoms in total. The van der Waals surface area contributed by atoms with Crippen molar-refractivity contribution in [2.75, 3.05) is 13.2 Å². The quantitative estimate of drug-likeness (QED) is 0.315. The van der Waals surface area contributed by atoms with E-state index in [1.54, 1.807) is 0 Å². The molecule has 0 amide bonds. The van der Waals surface area contributed by atoms with E-state index in [1.165, 1.54) is 0 Å². The highest BCUT2D eigenvalue weighted by molar-refractivity contribution is 6.05. The van der Waals surface area contributed by atoms with Crippen LogP contribution >= 0.6 is 0 Å². The number of benzene rings is 4. The molecule has 3 aliphatic heterocycles. The minimum Gasteiger partial charge on any atom is -0.332 e. The average molecular weight is 605 g/mol. The number of H-pyrrole nitrogens is 2. The molecule has 2 unspecified atom stereocenters. The number of hydrogen-bond donors (Lipinski definition) is 2. The predicted molar refractivity (Wildman–Crippen MR) is 174 cm³/mol. The first-order valence-electron chi connectivity index (χ1n) is 15.4. The summed E-state index contributed by atoms with van der Waals surface area (Å²) < 4.78 is 12.9. The van der Waals surface area contributed by atoms with Crippen molar-refractivity contribution in [3.05, 3.63) is 141 Å². The largest absolute Gasteiger partial charge is 0.332 e. The number of hydrogen-bond acceptors (Lipinski definition) is 8. The van der Waals surface area contributed by atoms with Crippen molar-refractivity contribution in [2.24, 2.45) is 30.0 Å². The third-order valence-corrected chi connectivity index (χ3v) is 8.55. The SMILES string of the molecule is CCOC12N=C(N=c3[nH]/c(c4ccccc34)=N\C3(OCC)N=C(N=c4[nH]/c(c5ccccc45)=N\1)c1ccccc13)c1ccccc12. The van der Waals surface area contributed by atoms with E-state index in [0.29, 0.717) is 46.8 Å². The first-order chi connectivity index (χ1) is 22.6. The van der Waals surface area contributed by atoms with Gasteiger partial charge in [0.05, 0.1) is 0 Å². The minimum absolute atomic E-state index is 0.381. The predicted octanol–water partition coefficient (Wildman–Crippen LogP) is 4.06. The monoisotopic (exact) mass is 604 g/mol. The molecule has 0 aliphatic carbocycles. The summed E-state index contributed by atoms with van der Waals surface area (Å²) in [5, 5.41) is 3.55. The molecule has 46 heavy (non-hydrogen) atoms. The highest BCUT2D eigenvalue weighted by Gasteiger charge is 2.43. The molecular weight excluding hydrogens is 576 g/mol. The lowest BCUT2D eigenvalue weighted by molar-refractivity contribution is -0.0310. The van der Waals surface area contributed by atoms with Gasteiger partial charge in [0.1, 0.15) is 22.0 Å². The molecule has 2 atom stereocenters. The Labute approximate surface area is 262 Å². The minimum atomic E-state index is -1.36. The van der Waals surface area contributed by atoms with Gasteiger partial charge in [-0.25, -0.2) is 30.0 Å². The zero-order valence-corrected chi connectivity index (χ0v) is 25.2. The van der Waals surface area contributed by atoms with Crippen LogP contribution in [-0.4, -0.2) is 34.9 Å². The standard InChI is InChI=1S/C36H28N8O2/c1-3-45-35-27-19-11-9-17-25(27)33(43-35)39-30-22-14-6-8-16-24(22)32(38-30)42-36(46-4-2)28-20-12-10-18-26(28)34(44-36)40-29-21-13-5-7-15-23(21)31(37-29)41-35/h5-20H,3-4H2,1-2H3,(H,37,40,41,44)(H,38,39,42,43). The van der Waals surface area contributed by atoms with E-state index in [9.17, 15) is 0 Å². The summed E-state index contributed by atoms with van der Waals surface area (Å²) in [4.78, 5) is 37.9. The van der Waals surface area contributed by atoms with Gasteiger partial charge in [0.15, 0.2) is 11.7 Å². The van der Waals surface area contributed by atoms with Crippen LogP contribution in [0.4, 0.5) is 0 Å². The zero-order valence-electron chi connectivity index (χ0n) is 25.2. The van der Waals surface area contributed by atoms with E-state index in [2.05, 4.69) is 9.97 Å². The molecular formula is C36H28N8O2. The lowest BCUT2D eigenvalue weighted by Crippen LogP contribution is -2.28. The Morgan fingerprint density at radius 1 is 0.478 bits per heavy atom. The van der Waals surface area contributed by atoms with Crippen molar-refractivity contribution < 1.29 is 9.47 Å². The van der Waals surface area contributed by atoms with E-state index < -0.39 is 11.7 Å². The van der Waals surface area contributed by atoms with Crippen molar-refractivity contribution >= 4 is 33.2 Å². The molecule has 2 aromatic heterocycles. The molecule has 6 aromatic rings. The molecule has 0 saturated carbocycles. The van der Waals surface area contributed by atoms with E-state index in [4.69, 9.17) is 39.4 Å². The molecule has 3 aliphatic rings. The molecule has 9 rings (SSSR count). The number of rotatable bonds is 4. The van der Waals surface area contributed by atoms with Gasteiger partial charge >= 0.3 is 0 Å². The van der Waals surface area contributed by atoms with Gasteiger partial charge < -0.3 is 19.4 Å².